The number of carbonyl (C=O) groups excluding carboxylic acids is 1. The Morgan fingerprint density at radius 1 is 0.952 bits per heavy atom. The monoisotopic (exact) mass is 585 g/mol. The molecule has 2 aromatic carbocycles. The number of nitro benzene ring substituents is 1. The molecule has 0 atom stereocenters. The second kappa shape index (κ2) is 12.5. The smallest absolute Gasteiger partial charge is 0.423 e. The van der Waals surface area contributed by atoms with Crippen LogP contribution in [0.15, 0.2) is 67.0 Å². The van der Waals surface area contributed by atoms with Crippen molar-refractivity contribution in [1.82, 2.24) is 9.88 Å². The highest BCUT2D eigenvalue weighted by atomic mass is 19.4. The van der Waals surface area contributed by atoms with Gasteiger partial charge in [-0.2, -0.15) is 13.2 Å². The number of hydrogen-bond acceptors (Lipinski definition) is 8. The van der Waals surface area contributed by atoms with Crippen LogP contribution in [0.1, 0.15) is 31.2 Å². The summed E-state index contributed by atoms with van der Waals surface area (Å²) in [5, 5.41) is 14.1. The predicted molar refractivity (Wildman–Crippen MR) is 149 cm³/mol. The molecule has 1 amide bonds. The van der Waals surface area contributed by atoms with Gasteiger partial charge in [0.25, 0.3) is 5.69 Å². The van der Waals surface area contributed by atoms with Gasteiger partial charge in [-0.25, -0.2) is 4.79 Å². The van der Waals surface area contributed by atoms with Gasteiger partial charge < -0.3 is 24.6 Å². The van der Waals surface area contributed by atoms with E-state index in [9.17, 15) is 28.1 Å². The molecular formula is C29H30F3N5O5. The number of nitrogens with one attached hydrogen (secondary N) is 1. The van der Waals surface area contributed by atoms with Gasteiger partial charge in [-0.15, -0.1) is 0 Å². The highest BCUT2D eigenvalue weighted by Gasteiger charge is 2.38. The molecule has 1 aliphatic heterocycles. The average molecular weight is 586 g/mol. The minimum atomic E-state index is -4.82. The van der Waals surface area contributed by atoms with E-state index in [0.29, 0.717) is 63.4 Å². The highest BCUT2D eigenvalue weighted by molar-refractivity contribution is 5.71. The fourth-order valence-electron chi connectivity index (χ4n) is 5.21. The van der Waals surface area contributed by atoms with Gasteiger partial charge in [-0.05, 0) is 49.9 Å². The Morgan fingerprint density at radius 2 is 1.67 bits per heavy atom. The maximum Gasteiger partial charge on any atom is 0.423 e. The number of nitro groups is 1. The molecule has 1 aromatic heterocycles. The van der Waals surface area contributed by atoms with E-state index >= 15 is 0 Å². The fourth-order valence-corrected chi connectivity index (χ4v) is 5.21. The molecule has 42 heavy (non-hydrogen) atoms. The van der Waals surface area contributed by atoms with Crippen molar-refractivity contribution in [2.45, 2.75) is 44.0 Å². The predicted octanol–water partition coefficient (Wildman–Crippen LogP) is 6.13. The lowest BCUT2D eigenvalue weighted by Gasteiger charge is -2.35. The number of rotatable bonds is 7. The molecule has 2 aliphatic rings. The molecule has 13 heteroatoms. The number of ether oxygens (including phenoxy) is 2. The highest BCUT2D eigenvalue weighted by Crippen LogP contribution is 2.38. The number of hydrogen-bond donors (Lipinski definition) is 1. The van der Waals surface area contributed by atoms with Crippen molar-refractivity contribution >= 4 is 23.2 Å². The maximum absolute atomic E-state index is 13.3. The van der Waals surface area contributed by atoms with Crippen LogP contribution < -0.4 is 19.7 Å². The Morgan fingerprint density at radius 3 is 2.33 bits per heavy atom. The summed E-state index contributed by atoms with van der Waals surface area (Å²) in [7, 11) is 0. The van der Waals surface area contributed by atoms with E-state index in [0.717, 1.165) is 17.8 Å². The molecule has 0 unspecified atom stereocenters. The van der Waals surface area contributed by atoms with Crippen LogP contribution in [-0.2, 0) is 6.18 Å². The molecule has 2 fully saturated rings. The quantitative estimate of drug-likeness (QED) is 0.261. The lowest BCUT2D eigenvalue weighted by molar-refractivity contribution is -0.388. The summed E-state index contributed by atoms with van der Waals surface area (Å²) in [5.74, 6) is 1.13. The number of benzene rings is 2. The molecule has 0 spiro atoms. The van der Waals surface area contributed by atoms with Crippen molar-refractivity contribution in [2.24, 2.45) is 0 Å². The molecule has 1 aliphatic carbocycles. The van der Waals surface area contributed by atoms with Gasteiger partial charge in [0, 0.05) is 50.0 Å². The molecule has 222 valence electrons. The zero-order chi connectivity index (χ0) is 29.7. The van der Waals surface area contributed by atoms with E-state index in [2.05, 4.69) is 15.2 Å². The van der Waals surface area contributed by atoms with Crippen LogP contribution in [0.2, 0.25) is 0 Å². The lowest BCUT2D eigenvalue weighted by Crippen LogP contribution is -2.49. The number of nitrogens with zero attached hydrogens (tertiary/aromatic N) is 4. The third-order valence-corrected chi connectivity index (χ3v) is 7.40. The van der Waals surface area contributed by atoms with Crippen molar-refractivity contribution in [3.63, 3.8) is 0 Å². The van der Waals surface area contributed by atoms with Crippen molar-refractivity contribution in [3.05, 3.63) is 82.7 Å². The Labute approximate surface area is 240 Å². The van der Waals surface area contributed by atoms with E-state index in [1.54, 1.807) is 29.4 Å². The van der Waals surface area contributed by atoms with Gasteiger partial charge in [0.15, 0.2) is 0 Å². The summed E-state index contributed by atoms with van der Waals surface area (Å²) >= 11 is 0. The first-order valence-corrected chi connectivity index (χ1v) is 13.7. The minimum absolute atomic E-state index is 0.0766. The molecule has 1 N–H and O–H groups in total. The van der Waals surface area contributed by atoms with Gasteiger partial charge >= 0.3 is 12.3 Å². The fraction of sp³-hybridized carbons (Fsp3) is 0.379. The van der Waals surface area contributed by atoms with Crippen molar-refractivity contribution in [3.8, 4) is 11.5 Å². The van der Waals surface area contributed by atoms with Gasteiger partial charge in [0.1, 0.15) is 17.1 Å². The van der Waals surface area contributed by atoms with Crippen molar-refractivity contribution in [1.29, 1.82) is 0 Å². The number of carbonyl (C=O) groups is 1. The number of anilines is 2. The number of pyridine rings is 1. The number of amides is 1. The van der Waals surface area contributed by atoms with Crippen molar-refractivity contribution < 1.29 is 32.4 Å². The topological polar surface area (TPSA) is 110 Å². The summed E-state index contributed by atoms with van der Waals surface area (Å²) < 4.78 is 51.6. The molecule has 2 heterocycles. The van der Waals surface area contributed by atoms with Gasteiger partial charge in [0.2, 0.25) is 0 Å². The van der Waals surface area contributed by atoms with E-state index in [4.69, 9.17) is 9.47 Å². The second-order valence-electron chi connectivity index (χ2n) is 10.3. The normalized spacial score (nSPS) is 19.2. The molecular weight excluding hydrogens is 555 g/mol. The van der Waals surface area contributed by atoms with Crippen LogP contribution >= 0.6 is 0 Å². The third-order valence-electron chi connectivity index (χ3n) is 7.40. The molecule has 3 aromatic rings. The molecule has 1 saturated heterocycles. The van der Waals surface area contributed by atoms with Crippen LogP contribution in [0, 0.1) is 10.1 Å². The lowest BCUT2D eigenvalue weighted by atomic mass is 9.92. The molecule has 10 nitrogen and oxygen atoms in total. The Kier molecular flexibility index (Phi) is 8.64. The molecule has 1 saturated carbocycles. The number of halogens is 3. The summed E-state index contributed by atoms with van der Waals surface area (Å²) in [5.41, 5.74) is -1.15. The van der Waals surface area contributed by atoms with E-state index in [-0.39, 0.29) is 23.9 Å². The van der Waals surface area contributed by atoms with Crippen LogP contribution in [0.5, 0.6) is 11.5 Å². The summed E-state index contributed by atoms with van der Waals surface area (Å²) in [6.45, 7) is 2.25. The van der Waals surface area contributed by atoms with Gasteiger partial charge in [-0.1, -0.05) is 18.2 Å². The van der Waals surface area contributed by atoms with E-state index < -0.39 is 22.4 Å². The van der Waals surface area contributed by atoms with Crippen LogP contribution in [0.3, 0.4) is 0 Å². The number of para-hydroxylation sites is 1. The Hall–Kier alpha value is -4.55. The van der Waals surface area contributed by atoms with E-state index in [1.165, 1.54) is 6.07 Å². The van der Waals surface area contributed by atoms with E-state index in [1.807, 2.05) is 24.3 Å². The zero-order valence-corrected chi connectivity index (χ0v) is 22.6. The standard InChI is InChI=1S/C29H30F3N5O5/c30-29(31,32)26-16-21(8-11-27(26)37(39)40)34-20-6-9-24(10-7-20)41-25-17-22(18-33-19-25)35-12-14-36(15-13-35)28(38)42-23-4-2-1-3-5-23/h1-5,8,11,16-20,24,34H,6-7,9-10,12-15H2. The second-order valence-corrected chi connectivity index (χ2v) is 10.3. The van der Waals surface area contributed by atoms with Crippen molar-refractivity contribution in [2.75, 3.05) is 36.4 Å². The zero-order valence-electron chi connectivity index (χ0n) is 22.6. The first-order valence-electron chi connectivity index (χ1n) is 13.7. The van der Waals surface area contributed by atoms with Crippen LogP contribution in [0.25, 0.3) is 0 Å². The summed E-state index contributed by atoms with van der Waals surface area (Å²) in [4.78, 5) is 30.6. The first-order chi connectivity index (χ1) is 20.2. The Bertz CT molecular complexity index is 1390. The SMILES string of the molecule is O=C(Oc1ccccc1)N1CCN(c2cncc(OC3CCC(Nc4ccc([N+](=O)[O-])c(C(F)(F)F)c4)CC3)c2)CC1. The third kappa shape index (κ3) is 7.20. The Balaban J connectivity index is 1.10. The summed E-state index contributed by atoms with van der Waals surface area (Å²) in [6.07, 6.45) is 0.821. The van der Waals surface area contributed by atoms with Crippen LogP contribution in [-0.4, -0.2) is 59.2 Å². The number of piperazine rings is 1. The van der Waals surface area contributed by atoms with Gasteiger partial charge in [0.05, 0.1) is 29.1 Å². The molecule has 0 bridgehead atoms. The van der Waals surface area contributed by atoms with Gasteiger partial charge in [-0.3, -0.25) is 15.1 Å². The average Bonchev–Trinajstić information content (AvgIpc) is 2.98. The summed E-state index contributed by atoms with van der Waals surface area (Å²) in [6, 6.07) is 13.8. The number of aromatic nitrogens is 1. The largest absolute Gasteiger partial charge is 0.489 e. The number of alkyl halides is 3. The molecule has 5 rings (SSSR count). The van der Waals surface area contributed by atoms with Crippen LogP contribution in [0.4, 0.5) is 35.0 Å². The maximum atomic E-state index is 13.3. The molecule has 0 radical (unpaired) electrons. The first kappa shape index (κ1) is 29.0. The minimum Gasteiger partial charge on any atom is -0.489 e.